The molecule has 4 heteroatoms. The number of rotatable bonds is 2. The lowest BCUT2D eigenvalue weighted by atomic mass is 9.81. The molecule has 2 saturated heterocycles. The molecule has 2 aliphatic rings. The number of fused-ring (bicyclic) bond motifs is 2. The van der Waals surface area contributed by atoms with E-state index in [1.165, 1.54) is 6.42 Å². The van der Waals surface area contributed by atoms with Gasteiger partial charge in [0.15, 0.2) is 5.82 Å². The first-order valence-corrected chi connectivity index (χ1v) is 7.48. The van der Waals surface area contributed by atoms with Crippen LogP contribution >= 0.6 is 11.6 Å². The molecule has 2 nitrogen and oxygen atoms in total. The normalized spacial score (nSPS) is 30.5. The summed E-state index contributed by atoms with van der Waals surface area (Å²) in [6, 6.07) is 6.79. The number of nitrogens with one attached hydrogen (secondary N) is 1. The van der Waals surface area contributed by atoms with Crippen molar-refractivity contribution in [1.29, 1.82) is 0 Å². The Morgan fingerprint density at radius 1 is 1.26 bits per heavy atom. The number of nitrogens with zero attached hydrogens (tertiary/aromatic N) is 1. The van der Waals surface area contributed by atoms with E-state index in [4.69, 9.17) is 11.6 Å². The number of anilines is 1. The molecule has 2 unspecified atom stereocenters. The minimum Gasteiger partial charge on any atom is -0.363 e. The maximum absolute atomic E-state index is 14.3. The Morgan fingerprint density at radius 3 is 2.58 bits per heavy atom. The Labute approximate surface area is 118 Å². The van der Waals surface area contributed by atoms with Crippen molar-refractivity contribution in [3.63, 3.8) is 0 Å². The molecule has 1 N–H and O–H groups in total. The molecule has 3 rings (SSSR count). The van der Waals surface area contributed by atoms with Gasteiger partial charge in [0.05, 0.1) is 10.7 Å². The number of halogens is 2. The van der Waals surface area contributed by atoms with Crippen LogP contribution < -0.4 is 10.2 Å². The zero-order chi connectivity index (χ0) is 13.4. The third kappa shape index (κ3) is 2.34. The molecule has 0 aliphatic carbocycles. The fraction of sp³-hybridized carbons (Fsp3) is 0.600. The zero-order valence-corrected chi connectivity index (χ0v) is 12.0. The first kappa shape index (κ1) is 13.2. The summed E-state index contributed by atoms with van der Waals surface area (Å²) in [5.41, 5.74) is 0.691. The van der Waals surface area contributed by atoms with Gasteiger partial charge in [0.2, 0.25) is 0 Å². The lowest BCUT2D eigenvalue weighted by Gasteiger charge is -2.50. The highest BCUT2D eigenvalue weighted by Gasteiger charge is 2.38. The van der Waals surface area contributed by atoms with Crippen LogP contribution in [0.2, 0.25) is 5.02 Å². The molecule has 0 aromatic heterocycles. The van der Waals surface area contributed by atoms with Gasteiger partial charge in [-0.1, -0.05) is 17.7 Å². The van der Waals surface area contributed by atoms with Gasteiger partial charge in [-0.15, -0.1) is 0 Å². The van der Waals surface area contributed by atoms with Gasteiger partial charge in [0.25, 0.3) is 0 Å². The van der Waals surface area contributed by atoms with Gasteiger partial charge >= 0.3 is 0 Å². The van der Waals surface area contributed by atoms with Crippen LogP contribution in [0.25, 0.3) is 0 Å². The molecule has 0 radical (unpaired) electrons. The predicted octanol–water partition coefficient (Wildman–Crippen LogP) is 3.59. The second kappa shape index (κ2) is 5.29. The van der Waals surface area contributed by atoms with Crippen LogP contribution in [0.15, 0.2) is 18.2 Å². The molecule has 0 saturated carbocycles. The van der Waals surface area contributed by atoms with Crippen molar-refractivity contribution in [3.8, 4) is 0 Å². The van der Waals surface area contributed by atoms with E-state index >= 15 is 0 Å². The highest BCUT2D eigenvalue weighted by Crippen LogP contribution is 2.39. The quantitative estimate of drug-likeness (QED) is 0.892. The van der Waals surface area contributed by atoms with Gasteiger partial charge in [-0.05, 0) is 51.3 Å². The molecule has 1 aromatic rings. The molecule has 0 spiro atoms. The number of hydrogen-bond donors (Lipinski definition) is 1. The summed E-state index contributed by atoms with van der Waals surface area (Å²) in [5.74, 6) is -0.260. The third-order valence-corrected chi connectivity index (χ3v) is 4.88. The van der Waals surface area contributed by atoms with Gasteiger partial charge in [-0.25, -0.2) is 4.39 Å². The molecule has 2 fully saturated rings. The number of piperidine rings is 2. The molecule has 2 atom stereocenters. The second-order valence-electron chi connectivity index (χ2n) is 5.68. The summed E-state index contributed by atoms with van der Waals surface area (Å²) in [4.78, 5) is 2.29. The Bertz CT molecular complexity index is 451. The second-order valence-corrected chi connectivity index (χ2v) is 6.08. The molecule has 2 aliphatic heterocycles. The number of hydrogen-bond acceptors (Lipinski definition) is 2. The van der Waals surface area contributed by atoms with Crippen molar-refractivity contribution >= 4 is 17.3 Å². The van der Waals surface area contributed by atoms with Crippen LogP contribution in [0.5, 0.6) is 0 Å². The monoisotopic (exact) mass is 282 g/mol. The molecule has 19 heavy (non-hydrogen) atoms. The van der Waals surface area contributed by atoms with E-state index < -0.39 is 0 Å². The summed E-state index contributed by atoms with van der Waals surface area (Å²) in [5, 5.41) is 3.61. The maximum atomic E-state index is 14.3. The van der Waals surface area contributed by atoms with Crippen LogP contribution in [0.3, 0.4) is 0 Å². The summed E-state index contributed by atoms with van der Waals surface area (Å²) in [6.45, 7) is 0. The van der Waals surface area contributed by atoms with Crippen molar-refractivity contribution in [3.05, 3.63) is 29.0 Å². The van der Waals surface area contributed by atoms with E-state index in [-0.39, 0.29) is 10.8 Å². The number of benzene rings is 1. The summed E-state index contributed by atoms with van der Waals surface area (Å²) >= 11 is 5.93. The first-order valence-electron chi connectivity index (χ1n) is 7.10. The zero-order valence-electron chi connectivity index (χ0n) is 11.2. The van der Waals surface area contributed by atoms with Crippen LogP contribution in [0, 0.1) is 5.82 Å². The Hall–Kier alpha value is -0.800. The van der Waals surface area contributed by atoms with Gasteiger partial charge in [-0.3, -0.25) is 0 Å². The Balaban J connectivity index is 1.94. The highest BCUT2D eigenvalue weighted by atomic mass is 35.5. The van der Waals surface area contributed by atoms with Gasteiger partial charge in [0, 0.05) is 18.1 Å². The van der Waals surface area contributed by atoms with Crippen molar-refractivity contribution in [1.82, 2.24) is 5.32 Å². The smallest absolute Gasteiger partial charge is 0.165 e. The fourth-order valence-electron chi connectivity index (χ4n) is 3.70. The molecule has 0 amide bonds. The van der Waals surface area contributed by atoms with Gasteiger partial charge in [0.1, 0.15) is 0 Å². The first-order chi connectivity index (χ1) is 9.20. The topological polar surface area (TPSA) is 15.3 Å². The lowest BCUT2D eigenvalue weighted by Crippen LogP contribution is -2.56. The van der Waals surface area contributed by atoms with Crippen LogP contribution in [-0.2, 0) is 0 Å². The van der Waals surface area contributed by atoms with E-state index in [1.807, 2.05) is 19.2 Å². The summed E-state index contributed by atoms with van der Waals surface area (Å²) in [7, 11) is 2.02. The third-order valence-electron chi connectivity index (χ3n) is 4.59. The largest absolute Gasteiger partial charge is 0.363 e. The predicted molar refractivity (Wildman–Crippen MR) is 77.4 cm³/mol. The van der Waals surface area contributed by atoms with E-state index in [1.54, 1.807) is 6.07 Å². The van der Waals surface area contributed by atoms with Gasteiger partial charge < -0.3 is 10.2 Å². The Kier molecular flexibility index (Phi) is 3.68. The van der Waals surface area contributed by atoms with Crippen LogP contribution in [0.4, 0.5) is 10.1 Å². The van der Waals surface area contributed by atoms with E-state index in [2.05, 4.69) is 10.2 Å². The minimum atomic E-state index is -0.260. The van der Waals surface area contributed by atoms with Crippen molar-refractivity contribution in [2.45, 2.75) is 50.2 Å². The average molecular weight is 283 g/mol. The van der Waals surface area contributed by atoms with Crippen LogP contribution in [0.1, 0.15) is 32.1 Å². The van der Waals surface area contributed by atoms with E-state index in [0.717, 1.165) is 25.7 Å². The molecule has 2 bridgehead atoms. The van der Waals surface area contributed by atoms with E-state index in [9.17, 15) is 4.39 Å². The molecule has 104 valence electrons. The van der Waals surface area contributed by atoms with Crippen molar-refractivity contribution in [2.75, 3.05) is 11.9 Å². The van der Waals surface area contributed by atoms with Crippen molar-refractivity contribution in [2.24, 2.45) is 0 Å². The SMILES string of the molecule is CNC1CC2CCCC(C1)N2c1cccc(Cl)c1F. The van der Waals surface area contributed by atoms with E-state index in [0.29, 0.717) is 23.8 Å². The molecule has 2 heterocycles. The molecular weight excluding hydrogens is 263 g/mol. The standard InChI is InChI=1S/C15H20ClFN2/c1-18-10-8-11-4-2-5-12(9-10)19(11)14-7-3-6-13(16)15(14)17/h3,6-7,10-12,18H,2,4-5,8-9H2,1H3. The average Bonchev–Trinajstić information content (AvgIpc) is 2.40. The summed E-state index contributed by atoms with van der Waals surface area (Å²) in [6.07, 6.45) is 5.75. The van der Waals surface area contributed by atoms with Crippen molar-refractivity contribution < 1.29 is 4.39 Å². The van der Waals surface area contributed by atoms with Gasteiger partial charge in [-0.2, -0.15) is 0 Å². The fourth-order valence-corrected chi connectivity index (χ4v) is 3.87. The lowest BCUT2D eigenvalue weighted by molar-refractivity contribution is 0.250. The maximum Gasteiger partial charge on any atom is 0.165 e. The molecular formula is C15H20ClFN2. The minimum absolute atomic E-state index is 0.228. The summed E-state index contributed by atoms with van der Waals surface area (Å²) < 4.78 is 14.3. The Morgan fingerprint density at radius 2 is 1.95 bits per heavy atom. The van der Waals surface area contributed by atoms with Crippen LogP contribution in [-0.4, -0.2) is 25.2 Å². The highest BCUT2D eigenvalue weighted by molar-refractivity contribution is 6.31. The molecule has 1 aromatic carbocycles.